The second-order valence-corrected chi connectivity index (χ2v) is 8.81. The molecule has 4 aromatic rings. The predicted molar refractivity (Wildman–Crippen MR) is 121 cm³/mol. The fraction of sp³-hybridized carbons (Fsp3) is 0.182. The van der Waals surface area contributed by atoms with E-state index in [1.54, 1.807) is 37.4 Å². The summed E-state index contributed by atoms with van der Waals surface area (Å²) >= 11 is 7.83. The summed E-state index contributed by atoms with van der Waals surface area (Å²) < 4.78 is 1.01. The van der Waals surface area contributed by atoms with Gasteiger partial charge in [0, 0.05) is 21.3 Å². The first-order valence-electron chi connectivity index (χ1n) is 9.30. The number of nitrogen functional groups attached to an aromatic ring is 1. The fourth-order valence-corrected chi connectivity index (χ4v) is 4.68. The average Bonchev–Trinajstić information content (AvgIpc) is 3.19. The fourth-order valence-electron chi connectivity index (χ4n) is 3.27. The molecule has 1 aromatic carbocycles. The summed E-state index contributed by atoms with van der Waals surface area (Å²) in [6, 6.07) is 14.3. The second kappa shape index (κ2) is 7.94. The Morgan fingerprint density at radius 2 is 2.00 bits per heavy atom. The van der Waals surface area contributed by atoms with Gasteiger partial charge in [0.25, 0.3) is 0 Å². The number of fused-ring (bicyclic) bond motifs is 1. The van der Waals surface area contributed by atoms with Crippen LogP contribution in [0.15, 0.2) is 54.7 Å². The first kappa shape index (κ1) is 20.7. The quantitative estimate of drug-likeness (QED) is 0.374. The summed E-state index contributed by atoms with van der Waals surface area (Å²) in [6.07, 6.45) is 1.63. The number of nitrogens with zero attached hydrogens (tertiary/aromatic N) is 2. The number of rotatable bonds is 5. The lowest BCUT2D eigenvalue weighted by Crippen LogP contribution is -2.25. The van der Waals surface area contributed by atoms with Crippen molar-refractivity contribution in [1.82, 2.24) is 9.97 Å². The van der Waals surface area contributed by atoms with Crippen molar-refractivity contribution in [2.24, 2.45) is 5.73 Å². The summed E-state index contributed by atoms with van der Waals surface area (Å²) in [5, 5.41) is 21.4. The zero-order valence-corrected chi connectivity index (χ0v) is 17.8. The number of anilines is 1. The molecule has 3 aromatic heterocycles. The number of hydrogen-bond acceptors (Lipinski definition) is 7. The molecular weight excluding hydrogens is 420 g/mol. The summed E-state index contributed by atoms with van der Waals surface area (Å²) in [6.45, 7) is 1.18. The average molecular weight is 441 g/mol. The highest BCUT2D eigenvalue weighted by Crippen LogP contribution is 2.39. The Morgan fingerprint density at radius 1 is 1.20 bits per heavy atom. The summed E-state index contributed by atoms with van der Waals surface area (Å²) in [7, 11) is 0. The summed E-state index contributed by atoms with van der Waals surface area (Å²) in [5.41, 5.74) is 13.7. The van der Waals surface area contributed by atoms with Crippen LogP contribution in [0.4, 0.5) is 5.82 Å². The van der Waals surface area contributed by atoms with Gasteiger partial charge in [0.2, 0.25) is 0 Å². The minimum Gasteiger partial charge on any atom is -0.393 e. The van der Waals surface area contributed by atoms with Crippen molar-refractivity contribution in [3.8, 4) is 11.3 Å². The van der Waals surface area contributed by atoms with Crippen molar-refractivity contribution in [1.29, 1.82) is 0 Å². The zero-order valence-electron chi connectivity index (χ0n) is 16.2. The number of aromatic nitrogens is 2. The van der Waals surface area contributed by atoms with Gasteiger partial charge in [-0.2, -0.15) is 0 Å². The Balaban J connectivity index is 1.80. The van der Waals surface area contributed by atoms with Crippen molar-refractivity contribution in [3.05, 3.63) is 75.9 Å². The first-order chi connectivity index (χ1) is 14.3. The van der Waals surface area contributed by atoms with E-state index in [-0.39, 0.29) is 6.61 Å². The third-order valence-electron chi connectivity index (χ3n) is 5.02. The van der Waals surface area contributed by atoms with Crippen LogP contribution in [-0.4, -0.2) is 26.8 Å². The molecule has 3 heterocycles. The van der Waals surface area contributed by atoms with E-state index in [4.69, 9.17) is 23.1 Å². The lowest BCUT2D eigenvalue weighted by Gasteiger charge is -2.21. The Hall–Kier alpha value is -2.55. The SMILES string of the molecule is C[C@](O)(CO)c1ccnc(-c2cccc3cc(C(N)c4nc(N)ccc4Cl)sc23)c1. The van der Waals surface area contributed by atoms with Gasteiger partial charge in [-0.1, -0.05) is 29.8 Å². The van der Waals surface area contributed by atoms with Gasteiger partial charge < -0.3 is 21.7 Å². The topological polar surface area (TPSA) is 118 Å². The molecule has 0 saturated carbocycles. The highest BCUT2D eigenvalue weighted by atomic mass is 35.5. The summed E-state index contributed by atoms with van der Waals surface area (Å²) in [5.74, 6) is 0.364. The second-order valence-electron chi connectivity index (χ2n) is 7.32. The number of benzene rings is 1. The van der Waals surface area contributed by atoms with Gasteiger partial charge in [-0.05, 0) is 48.2 Å². The number of halogens is 1. The monoisotopic (exact) mass is 440 g/mol. The number of pyridine rings is 2. The molecular formula is C22H21ClN4O2S. The van der Waals surface area contributed by atoms with Gasteiger partial charge in [-0.15, -0.1) is 11.3 Å². The third-order valence-corrected chi connectivity index (χ3v) is 6.61. The molecule has 6 N–H and O–H groups in total. The van der Waals surface area contributed by atoms with Gasteiger partial charge in [0.15, 0.2) is 0 Å². The molecule has 2 atom stereocenters. The van der Waals surface area contributed by atoms with Crippen molar-refractivity contribution in [2.75, 3.05) is 12.3 Å². The molecule has 0 fully saturated rings. The molecule has 0 aliphatic heterocycles. The molecule has 0 bridgehead atoms. The van der Waals surface area contributed by atoms with Crippen molar-refractivity contribution in [3.63, 3.8) is 0 Å². The number of aliphatic hydroxyl groups is 2. The van der Waals surface area contributed by atoms with Crippen LogP contribution < -0.4 is 11.5 Å². The van der Waals surface area contributed by atoms with Crippen molar-refractivity contribution >= 4 is 38.8 Å². The van der Waals surface area contributed by atoms with Gasteiger partial charge in [-0.25, -0.2) is 4.98 Å². The standard InChI is InChI=1S/C22H21ClN4O2S/c1-22(29,11-28)13-7-8-26-16(10-13)14-4-2-3-12-9-17(30-21(12)14)19(25)20-15(23)5-6-18(24)27-20/h2-10,19,28-29H,11,25H2,1H3,(H2,24,27)/t19?,22-/m0/s1. The van der Waals surface area contributed by atoms with Crippen LogP contribution >= 0.6 is 22.9 Å². The minimum absolute atomic E-state index is 0.364. The van der Waals surface area contributed by atoms with Crippen LogP contribution in [0, 0.1) is 0 Å². The van der Waals surface area contributed by atoms with Gasteiger partial charge in [-0.3, -0.25) is 4.98 Å². The Labute approximate surface area is 182 Å². The molecule has 0 aliphatic rings. The van der Waals surface area contributed by atoms with Crippen LogP contribution in [0.2, 0.25) is 5.02 Å². The molecule has 154 valence electrons. The molecule has 0 aliphatic carbocycles. The highest BCUT2D eigenvalue weighted by molar-refractivity contribution is 7.19. The maximum absolute atomic E-state index is 10.4. The van der Waals surface area contributed by atoms with Crippen LogP contribution in [-0.2, 0) is 5.60 Å². The zero-order chi connectivity index (χ0) is 21.5. The first-order valence-corrected chi connectivity index (χ1v) is 10.5. The highest BCUT2D eigenvalue weighted by Gasteiger charge is 2.23. The molecule has 4 rings (SSSR count). The normalized spacial score (nSPS) is 14.6. The lowest BCUT2D eigenvalue weighted by molar-refractivity contribution is -0.00230. The van der Waals surface area contributed by atoms with Crippen molar-refractivity contribution < 1.29 is 10.2 Å². The van der Waals surface area contributed by atoms with E-state index in [9.17, 15) is 10.2 Å². The number of aliphatic hydroxyl groups excluding tert-OH is 1. The van der Waals surface area contributed by atoms with E-state index in [2.05, 4.69) is 9.97 Å². The van der Waals surface area contributed by atoms with E-state index >= 15 is 0 Å². The van der Waals surface area contributed by atoms with Gasteiger partial charge in [0.1, 0.15) is 11.4 Å². The molecule has 0 spiro atoms. The van der Waals surface area contributed by atoms with Crippen LogP contribution in [0.25, 0.3) is 21.3 Å². The number of thiophene rings is 1. The van der Waals surface area contributed by atoms with Crippen molar-refractivity contribution in [2.45, 2.75) is 18.6 Å². The number of hydrogen-bond donors (Lipinski definition) is 4. The van der Waals surface area contributed by atoms with Gasteiger partial charge >= 0.3 is 0 Å². The Morgan fingerprint density at radius 3 is 2.77 bits per heavy atom. The molecule has 1 unspecified atom stereocenters. The summed E-state index contributed by atoms with van der Waals surface area (Å²) in [4.78, 5) is 9.69. The molecule has 0 saturated heterocycles. The maximum Gasteiger partial charge on any atom is 0.123 e. The maximum atomic E-state index is 10.4. The molecule has 8 heteroatoms. The van der Waals surface area contributed by atoms with Crippen LogP contribution in [0.5, 0.6) is 0 Å². The van der Waals surface area contributed by atoms with E-state index in [1.807, 2.05) is 24.3 Å². The van der Waals surface area contributed by atoms with E-state index in [0.717, 1.165) is 20.5 Å². The molecule has 0 amide bonds. The molecule has 30 heavy (non-hydrogen) atoms. The Kier molecular flexibility index (Phi) is 5.48. The minimum atomic E-state index is -1.34. The molecule has 6 nitrogen and oxygen atoms in total. The number of nitrogens with two attached hydrogens (primary N) is 2. The Bertz CT molecular complexity index is 1220. The largest absolute Gasteiger partial charge is 0.393 e. The smallest absolute Gasteiger partial charge is 0.123 e. The van der Waals surface area contributed by atoms with E-state index < -0.39 is 11.6 Å². The predicted octanol–water partition coefficient (Wildman–Crippen LogP) is 3.84. The van der Waals surface area contributed by atoms with Crippen LogP contribution in [0.3, 0.4) is 0 Å². The lowest BCUT2D eigenvalue weighted by atomic mass is 9.96. The van der Waals surface area contributed by atoms with E-state index in [0.29, 0.717) is 27.8 Å². The van der Waals surface area contributed by atoms with E-state index in [1.165, 1.54) is 11.3 Å². The van der Waals surface area contributed by atoms with Crippen LogP contribution in [0.1, 0.15) is 29.1 Å². The van der Waals surface area contributed by atoms with Gasteiger partial charge in [0.05, 0.1) is 29.1 Å². The third kappa shape index (κ3) is 3.78. The molecule has 0 radical (unpaired) electrons.